The maximum Gasteiger partial charge on any atom is 0.164 e. The first-order valence-electron chi connectivity index (χ1n) is 17.9. The van der Waals surface area contributed by atoms with Gasteiger partial charge in [0.25, 0.3) is 0 Å². The Kier molecular flexibility index (Phi) is 6.23. The largest absolute Gasteiger partial charge is 0.456 e. The number of aromatic nitrogens is 3. The Labute approximate surface area is 305 Å². The monoisotopic (exact) mass is 681 g/mol. The summed E-state index contributed by atoms with van der Waals surface area (Å²) in [7, 11) is 0. The summed E-state index contributed by atoms with van der Waals surface area (Å²) >= 11 is 0. The number of para-hydroxylation sites is 2. The van der Waals surface area contributed by atoms with Gasteiger partial charge in [-0.25, -0.2) is 15.0 Å². The van der Waals surface area contributed by atoms with Crippen molar-refractivity contribution in [3.63, 3.8) is 0 Å². The van der Waals surface area contributed by atoms with E-state index >= 15 is 0 Å². The Hall–Kier alpha value is -6.85. The van der Waals surface area contributed by atoms with E-state index in [0.29, 0.717) is 17.5 Å². The first-order valence-corrected chi connectivity index (χ1v) is 17.9. The van der Waals surface area contributed by atoms with E-state index < -0.39 is 0 Å². The van der Waals surface area contributed by atoms with Crippen molar-refractivity contribution in [2.75, 3.05) is 0 Å². The Morgan fingerprint density at radius 1 is 0.396 bits per heavy atom. The van der Waals surface area contributed by atoms with Gasteiger partial charge in [-0.3, -0.25) is 0 Å². The highest BCUT2D eigenvalue weighted by molar-refractivity contribution is 6.09. The van der Waals surface area contributed by atoms with Gasteiger partial charge in [0.15, 0.2) is 17.5 Å². The topological polar surface area (TPSA) is 65.0 Å². The van der Waals surface area contributed by atoms with E-state index in [1.807, 2.05) is 60.7 Å². The lowest BCUT2D eigenvalue weighted by Crippen LogP contribution is -2.15. The van der Waals surface area contributed by atoms with Crippen molar-refractivity contribution in [3.05, 3.63) is 163 Å². The normalized spacial score (nSPS) is 13.2. The first kappa shape index (κ1) is 29.8. The van der Waals surface area contributed by atoms with Gasteiger partial charge in [-0.05, 0) is 70.3 Å². The van der Waals surface area contributed by atoms with E-state index in [4.69, 9.17) is 23.8 Å². The maximum atomic E-state index is 6.54. The second-order valence-corrected chi connectivity index (χ2v) is 14.4. The Bertz CT molecular complexity index is 3100. The van der Waals surface area contributed by atoms with Crippen LogP contribution in [-0.2, 0) is 5.41 Å². The van der Waals surface area contributed by atoms with E-state index in [-0.39, 0.29) is 5.41 Å². The molecule has 0 amide bonds. The number of nitrogens with zero attached hydrogens (tertiary/aromatic N) is 3. The molecule has 3 heterocycles. The fourth-order valence-corrected chi connectivity index (χ4v) is 8.31. The highest BCUT2D eigenvalue weighted by atomic mass is 16.3. The number of fused-ring (bicyclic) bond motifs is 10. The average molecular weight is 682 g/mol. The molecule has 5 nitrogen and oxygen atoms in total. The van der Waals surface area contributed by atoms with Gasteiger partial charge in [-0.15, -0.1) is 0 Å². The zero-order valence-corrected chi connectivity index (χ0v) is 29.1. The third-order valence-corrected chi connectivity index (χ3v) is 10.9. The highest BCUT2D eigenvalue weighted by Gasteiger charge is 2.38. The summed E-state index contributed by atoms with van der Waals surface area (Å²) in [5, 5.41) is 4.48. The van der Waals surface area contributed by atoms with Crippen LogP contribution in [-0.4, -0.2) is 15.0 Å². The van der Waals surface area contributed by atoms with E-state index in [1.165, 1.54) is 22.3 Å². The summed E-state index contributed by atoms with van der Waals surface area (Å²) in [6, 6.07) is 52.5. The predicted molar refractivity (Wildman–Crippen MR) is 214 cm³/mol. The number of hydrogen-bond acceptors (Lipinski definition) is 5. The molecule has 3 aromatic heterocycles. The minimum absolute atomic E-state index is 0.209. The summed E-state index contributed by atoms with van der Waals surface area (Å²) in [5.41, 5.74) is 13.3. The summed E-state index contributed by atoms with van der Waals surface area (Å²) in [6.07, 6.45) is 0. The van der Waals surface area contributed by atoms with Crippen LogP contribution in [0.25, 0.3) is 100 Å². The summed E-state index contributed by atoms with van der Waals surface area (Å²) in [4.78, 5) is 15.1. The lowest BCUT2D eigenvalue weighted by molar-refractivity contribution is 0.620. The third-order valence-electron chi connectivity index (χ3n) is 10.9. The van der Waals surface area contributed by atoms with Crippen molar-refractivity contribution in [1.82, 2.24) is 15.0 Å². The predicted octanol–water partition coefficient (Wildman–Crippen LogP) is 12.6. The zero-order valence-electron chi connectivity index (χ0n) is 29.1. The molecule has 0 N–H and O–H groups in total. The quantitative estimate of drug-likeness (QED) is 0.185. The molecule has 1 aliphatic rings. The fourth-order valence-electron chi connectivity index (χ4n) is 8.31. The van der Waals surface area contributed by atoms with Gasteiger partial charge in [0.2, 0.25) is 0 Å². The maximum absolute atomic E-state index is 6.54. The number of hydrogen-bond donors (Lipinski definition) is 0. The Morgan fingerprint density at radius 3 is 1.75 bits per heavy atom. The van der Waals surface area contributed by atoms with Crippen LogP contribution in [0.4, 0.5) is 0 Å². The second kappa shape index (κ2) is 11.1. The van der Waals surface area contributed by atoms with Gasteiger partial charge in [-0.2, -0.15) is 0 Å². The van der Waals surface area contributed by atoms with Gasteiger partial charge in [-0.1, -0.05) is 123 Å². The molecule has 0 aliphatic heterocycles. The summed E-state index contributed by atoms with van der Waals surface area (Å²) in [6.45, 7) is 4.61. The van der Waals surface area contributed by atoms with Crippen LogP contribution in [0.5, 0.6) is 0 Å². The Balaban J connectivity index is 1.03. The molecule has 250 valence electrons. The molecule has 7 aromatic carbocycles. The van der Waals surface area contributed by atoms with Crippen LogP contribution < -0.4 is 0 Å². The van der Waals surface area contributed by atoms with E-state index in [9.17, 15) is 0 Å². The van der Waals surface area contributed by atoms with Gasteiger partial charge in [0, 0.05) is 49.2 Å². The van der Waals surface area contributed by atoms with Crippen LogP contribution in [0.2, 0.25) is 0 Å². The van der Waals surface area contributed by atoms with Crippen molar-refractivity contribution < 1.29 is 8.83 Å². The van der Waals surface area contributed by atoms with Crippen molar-refractivity contribution in [1.29, 1.82) is 0 Å². The molecule has 0 bridgehead atoms. The lowest BCUT2D eigenvalue weighted by Gasteiger charge is -2.21. The minimum Gasteiger partial charge on any atom is -0.456 e. The zero-order chi connectivity index (χ0) is 35.3. The van der Waals surface area contributed by atoms with Gasteiger partial charge in [0.05, 0.1) is 0 Å². The van der Waals surface area contributed by atoms with Crippen LogP contribution in [0, 0.1) is 0 Å². The third kappa shape index (κ3) is 4.54. The van der Waals surface area contributed by atoms with E-state index in [0.717, 1.165) is 71.7 Å². The van der Waals surface area contributed by atoms with Crippen LogP contribution >= 0.6 is 0 Å². The number of benzene rings is 7. The average Bonchev–Trinajstić information content (AvgIpc) is 3.85. The SMILES string of the molecule is CC1(C)c2ccc(-c3cccc(-c4nc(-c5ccccc5)nc(-c5ccc6c(c5)oc5ccccc56)n4)c3)cc2-c2ccc3c(oc4ccccc43)c21. The molecule has 11 rings (SSSR count). The highest BCUT2D eigenvalue weighted by Crippen LogP contribution is 2.53. The van der Waals surface area contributed by atoms with Gasteiger partial charge >= 0.3 is 0 Å². The Morgan fingerprint density at radius 2 is 0.962 bits per heavy atom. The molecule has 0 atom stereocenters. The van der Waals surface area contributed by atoms with E-state index in [2.05, 4.69) is 105 Å². The first-order chi connectivity index (χ1) is 26.0. The lowest BCUT2D eigenvalue weighted by atomic mass is 9.81. The smallest absolute Gasteiger partial charge is 0.164 e. The summed E-state index contributed by atoms with van der Waals surface area (Å²) < 4.78 is 12.8. The number of furan rings is 2. The second-order valence-electron chi connectivity index (χ2n) is 14.4. The van der Waals surface area contributed by atoms with Crippen LogP contribution in [0.1, 0.15) is 25.0 Å². The summed E-state index contributed by atoms with van der Waals surface area (Å²) in [5.74, 6) is 1.82. The van der Waals surface area contributed by atoms with Crippen LogP contribution in [0.15, 0.2) is 160 Å². The molecule has 0 unspecified atom stereocenters. The van der Waals surface area contributed by atoms with Gasteiger partial charge < -0.3 is 8.83 Å². The van der Waals surface area contributed by atoms with Crippen molar-refractivity contribution in [2.45, 2.75) is 19.3 Å². The standard InChI is InChI=1S/C48H31N3O2/c1-48(2)39-24-20-30(26-38(39)36-22-23-37-34-16-7-9-18-41(34)53-44(37)43(36)48)29-13-10-14-31(25-29)46-49-45(28-11-4-3-5-12-28)50-47(51-46)32-19-21-35-33-15-6-8-17-40(33)52-42(35)27-32/h3-27H,1-2H3. The molecule has 5 heteroatoms. The molecule has 0 saturated carbocycles. The molecule has 53 heavy (non-hydrogen) atoms. The minimum atomic E-state index is -0.209. The van der Waals surface area contributed by atoms with Crippen molar-refractivity contribution >= 4 is 43.9 Å². The molecular weight excluding hydrogens is 651 g/mol. The van der Waals surface area contributed by atoms with Crippen molar-refractivity contribution in [3.8, 4) is 56.4 Å². The molecule has 0 fully saturated rings. The van der Waals surface area contributed by atoms with Crippen molar-refractivity contribution in [2.24, 2.45) is 0 Å². The molecular formula is C48H31N3O2. The fraction of sp³-hybridized carbons (Fsp3) is 0.0625. The molecule has 10 aromatic rings. The van der Waals surface area contributed by atoms with E-state index in [1.54, 1.807) is 0 Å². The molecule has 0 spiro atoms. The van der Waals surface area contributed by atoms with Crippen LogP contribution in [0.3, 0.4) is 0 Å². The molecule has 0 radical (unpaired) electrons. The van der Waals surface area contributed by atoms with Gasteiger partial charge in [0.1, 0.15) is 22.3 Å². The molecule has 1 aliphatic carbocycles. The molecule has 0 saturated heterocycles. The number of rotatable bonds is 4.